The fourth-order valence-electron chi connectivity index (χ4n) is 3.27. The van der Waals surface area contributed by atoms with Gasteiger partial charge in [0, 0.05) is 4.75 Å². The Hall–Kier alpha value is -2.06. The number of ether oxygens (including phenoxy) is 1. The number of aliphatic carboxylic acids is 1. The summed E-state index contributed by atoms with van der Waals surface area (Å²) in [6.07, 6.45) is -1.77. The maximum absolute atomic E-state index is 12.6. The van der Waals surface area contributed by atoms with E-state index < -0.39 is 46.0 Å². The minimum Gasteiger partial charge on any atom is -0.479 e. The number of carboxylic acids is 1. The van der Waals surface area contributed by atoms with Crippen LogP contribution in [0.25, 0.3) is 0 Å². The number of aliphatic hydroxyl groups excluding tert-OH is 1. The van der Waals surface area contributed by atoms with Crippen molar-refractivity contribution < 1.29 is 29.3 Å². The van der Waals surface area contributed by atoms with Crippen LogP contribution in [0.2, 0.25) is 0 Å². The summed E-state index contributed by atoms with van der Waals surface area (Å²) in [6, 6.07) is 8.39. The number of carbonyl (C=O) groups excluding carboxylic acids is 2. The predicted octanol–water partition coefficient (Wildman–Crippen LogP) is 0.854. The van der Waals surface area contributed by atoms with Crippen LogP contribution in [0.5, 0.6) is 0 Å². The molecule has 2 saturated heterocycles. The van der Waals surface area contributed by atoms with E-state index in [2.05, 4.69) is 0 Å². The van der Waals surface area contributed by atoms with Gasteiger partial charge < -0.3 is 19.8 Å². The van der Waals surface area contributed by atoms with E-state index in [1.807, 2.05) is 44.2 Å². The SMILES string of the molecule is CC1(C)S[C@@H]2[C@H](C(O)C(=O)O)C(=O)N2[C@H]1C(=O)OCc1ccccc1. The van der Waals surface area contributed by atoms with Gasteiger partial charge in [-0.25, -0.2) is 9.59 Å². The van der Waals surface area contributed by atoms with Gasteiger partial charge in [0.15, 0.2) is 6.10 Å². The third kappa shape index (κ3) is 3.00. The van der Waals surface area contributed by atoms with E-state index in [1.54, 1.807) is 0 Å². The molecule has 0 spiro atoms. The number of hydrogen-bond acceptors (Lipinski definition) is 6. The van der Waals surface area contributed by atoms with Crippen molar-refractivity contribution in [2.24, 2.45) is 5.92 Å². The van der Waals surface area contributed by atoms with Crippen LogP contribution < -0.4 is 0 Å². The van der Waals surface area contributed by atoms with Gasteiger partial charge in [0.25, 0.3) is 0 Å². The zero-order valence-electron chi connectivity index (χ0n) is 13.8. The number of benzene rings is 1. The molecule has 0 saturated carbocycles. The Morgan fingerprint density at radius 2 is 1.96 bits per heavy atom. The van der Waals surface area contributed by atoms with E-state index in [4.69, 9.17) is 9.84 Å². The van der Waals surface area contributed by atoms with Crippen LogP contribution in [0.3, 0.4) is 0 Å². The number of carboxylic acid groups (broad SMARTS) is 1. The number of amides is 1. The maximum atomic E-state index is 12.6. The molecule has 1 unspecified atom stereocenters. The van der Waals surface area contributed by atoms with Crippen LogP contribution in [0.4, 0.5) is 0 Å². The van der Waals surface area contributed by atoms with E-state index in [0.717, 1.165) is 5.56 Å². The summed E-state index contributed by atoms with van der Waals surface area (Å²) in [5, 5.41) is 18.1. The molecule has 1 aromatic rings. The average Bonchev–Trinajstić information content (AvgIpc) is 2.81. The summed E-state index contributed by atoms with van der Waals surface area (Å²) in [6.45, 7) is 3.72. The Kier molecular flexibility index (Phi) is 4.51. The first kappa shape index (κ1) is 17.8. The summed E-state index contributed by atoms with van der Waals surface area (Å²) >= 11 is 1.31. The second-order valence-electron chi connectivity index (χ2n) is 6.66. The third-order valence-corrected chi connectivity index (χ3v) is 6.12. The highest BCUT2D eigenvalue weighted by molar-refractivity contribution is 8.01. The van der Waals surface area contributed by atoms with E-state index in [1.165, 1.54) is 16.7 Å². The summed E-state index contributed by atoms with van der Waals surface area (Å²) in [5.74, 6) is -3.53. The molecule has 2 aliphatic rings. The van der Waals surface area contributed by atoms with Crippen molar-refractivity contribution in [3.8, 4) is 0 Å². The van der Waals surface area contributed by atoms with E-state index >= 15 is 0 Å². The molecule has 2 aliphatic heterocycles. The Labute approximate surface area is 149 Å². The van der Waals surface area contributed by atoms with Crippen molar-refractivity contribution in [1.29, 1.82) is 0 Å². The first-order valence-electron chi connectivity index (χ1n) is 7.85. The first-order valence-corrected chi connectivity index (χ1v) is 8.73. The predicted molar refractivity (Wildman–Crippen MR) is 89.5 cm³/mol. The van der Waals surface area contributed by atoms with Crippen LogP contribution >= 0.6 is 11.8 Å². The molecule has 0 aliphatic carbocycles. The van der Waals surface area contributed by atoms with E-state index in [9.17, 15) is 19.5 Å². The molecule has 8 heteroatoms. The summed E-state index contributed by atoms with van der Waals surface area (Å²) in [7, 11) is 0. The van der Waals surface area contributed by atoms with Gasteiger partial charge in [-0.05, 0) is 19.4 Å². The molecule has 2 heterocycles. The molecule has 1 aromatic carbocycles. The number of β-lactam (4-membered cyclic amide) rings is 1. The summed E-state index contributed by atoms with van der Waals surface area (Å²) < 4.78 is 4.73. The standard InChI is InChI=1S/C17H19NO6S/c1-17(2)12(16(23)24-8-9-6-4-3-5-7-9)18-13(20)10(14(18)25-17)11(19)15(21)22/h3-7,10-12,14,19H,8H2,1-2H3,(H,21,22)/t10-,11?,12+,14-/m1/s1. The molecule has 0 aromatic heterocycles. The van der Waals surface area contributed by atoms with Crippen molar-refractivity contribution >= 4 is 29.6 Å². The first-order chi connectivity index (χ1) is 11.7. The van der Waals surface area contributed by atoms with Crippen molar-refractivity contribution in [3.63, 3.8) is 0 Å². The third-order valence-electron chi connectivity index (χ3n) is 4.52. The number of esters is 1. The quantitative estimate of drug-likeness (QED) is 0.589. The normalized spacial score (nSPS) is 28.0. The molecule has 134 valence electrons. The zero-order valence-corrected chi connectivity index (χ0v) is 14.6. The fraction of sp³-hybridized carbons (Fsp3) is 0.471. The van der Waals surface area contributed by atoms with Crippen molar-refractivity contribution in [2.75, 3.05) is 0 Å². The van der Waals surface area contributed by atoms with Gasteiger partial charge in [0.2, 0.25) is 5.91 Å². The molecule has 25 heavy (non-hydrogen) atoms. The number of thioether (sulfide) groups is 1. The maximum Gasteiger partial charge on any atom is 0.333 e. The highest BCUT2D eigenvalue weighted by Crippen LogP contribution is 2.54. The molecule has 1 amide bonds. The van der Waals surface area contributed by atoms with Gasteiger partial charge in [0.1, 0.15) is 18.6 Å². The lowest BCUT2D eigenvalue weighted by Crippen LogP contribution is -2.66. The molecular weight excluding hydrogens is 346 g/mol. The Balaban J connectivity index is 1.72. The molecule has 2 N–H and O–H groups in total. The van der Waals surface area contributed by atoms with Gasteiger partial charge >= 0.3 is 11.9 Å². The second-order valence-corrected chi connectivity index (χ2v) is 8.43. The minimum atomic E-state index is -1.77. The van der Waals surface area contributed by atoms with Gasteiger partial charge in [-0.3, -0.25) is 4.79 Å². The lowest BCUT2D eigenvalue weighted by molar-refractivity contribution is -0.177. The van der Waals surface area contributed by atoms with E-state index in [-0.39, 0.29) is 6.61 Å². The fourth-order valence-corrected chi connectivity index (χ4v) is 4.99. The number of fused-ring (bicyclic) bond motifs is 1. The number of nitrogens with zero attached hydrogens (tertiary/aromatic N) is 1. The molecule has 7 nitrogen and oxygen atoms in total. The zero-order chi connectivity index (χ0) is 18.4. The van der Waals surface area contributed by atoms with Gasteiger partial charge in [-0.1, -0.05) is 30.3 Å². The van der Waals surface area contributed by atoms with Crippen LogP contribution in [-0.2, 0) is 25.7 Å². The lowest BCUT2D eigenvalue weighted by Gasteiger charge is -2.44. The minimum absolute atomic E-state index is 0.102. The highest BCUT2D eigenvalue weighted by atomic mass is 32.2. The number of rotatable bonds is 5. The van der Waals surface area contributed by atoms with Crippen molar-refractivity contribution in [3.05, 3.63) is 35.9 Å². The van der Waals surface area contributed by atoms with Gasteiger partial charge in [0.05, 0.1) is 5.37 Å². The monoisotopic (exact) mass is 365 g/mol. The lowest BCUT2D eigenvalue weighted by atomic mass is 9.88. The highest BCUT2D eigenvalue weighted by Gasteiger charge is 2.66. The Morgan fingerprint density at radius 3 is 2.56 bits per heavy atom. The van der Waals surface area contributed by atoms with Gasteiger partial charge in [-0.15, -0.1) is 11.8 Å². The molecule has 4 atom stereocenters. The average molecular weight is 365 g/mol. The molecule has 0 bridgehead atoms. The molecule has 0 radical (unpaired) electrons. The van der Waals surface area contributed by atoms with Crippen molar-refractivity contribution in [1.82, 2.24) is 4.90 Å². The Morgan fingerprint density at radius 1 is 1.32 bits per heavy atom. The largest absolute Gasteiger partial charge is 0.479 e. The smallest absolute Gasteiger partial charge is 0.333 e. The Bertz CT molecular complexity index is 706. The number of carbonyl (C=O) groups is 3. The number of aliphatic hydroxyl groups is 1. The van der Waals surface area contributed by atoms with Crippen LogP contribution in [0.1, 0.15) is 19.4 Å². The van der Waals surface area contributed by atoms with Crippen LogP contribution in [-0.4, -0.2) is 55.2 Å². The van der Waals surface area contributed by atoms with Crippen LogP contribution in [0.15, 0.2) is 30.3 Å². The topological polar surface area (TPSA) is 104 Å². The molecular formula is C17H19NO6S. The molecule has 3 rings (SSSR count). The van der Waals surface area contributed by atoms with E-state index in [0.29, 0.717) is 0 Å². The summed E-state index contributed by atoms with van der Waals surface area (Å²) in [5.41, 5.74) is 0.838. The molecule has 2 fully saturated rings. The van der Waals surface area contributed by atoms with Crippen molar-refractivity contribution in [2.45, 2.75) is 42.7 Å². The van der Waals surface area contributed by atoms with Crippen LogP contribution in [0, 0.1) is 5.92 Å². The second kappa shape index (κ2) is 6.34. The summed E-state index contributed by atoms with van der Waals surface area (Å²) in [4.78, 5) is 37.2. The number of hydrogen-bond donors (Lipinski definition) is 2. The van der Waals surface area contributed by atoms with Gasteiger partial charge in [-0.2, -0.15) is 0 Å².